The third kappa shape index (κ3) is 3.82. The Kier molecular flexibility index (Phi) is 6.59. The minimum absolute atomic E-state index is 0. The molecule has 1 aromatic rings. The molecule has 3 rings (SSSR count). The first-order chi connectivity index (χ1) is 12.7. The summed E-state index contributed by atoms with van der Waals surface area (Å²) in [5, 5.41) is 7.80. The van der Waals surface area contributed by atoms with E-state index in [1.807, 2.05) is 7.05 Å². The maximum atomic E-state index is 13.1. The van der Waals surface area contributed by atoms with Crippen LogP contribution in [0.15, 0.2) is 23.1 Å². The highest BCUT2D eigenvalue weighted by atomic mass is 35.5. The van der Waals surface area contributed by atoms with Crippen LogP contribution in [0.2, 0.25) is 0 Å². The van der Waals surface area contributed by atoms with Crippen LogP contribution in [0, 0.1) is 5.92 Å². The van der Waals surface area contributed by atoms with Gasteiger partial charge in [0, 0.05) is 18.7 Å². The normalized spacial score (nSPS) is 25.2. The van der Waals surface area contributed by atoms with Crippen LogP contribution in [0.25, 0.3) is 0 Å². The third-order valence-electron chi connectivity index (χ3n) is 5.13. The van der Waals surface area contributed by atoms with Gasteiger partial charge >= 0.3 is 6.03 Å². The van der Waals surface area contributed by atoms with Crippen molar-refractivity contribution in [2.24, 2.45) is 5.92 Å². The Hall–Kier alpha value is -1.88. The van der Waals surface area contributed by atoms with E-state index in [0.717, 1.165) is 13.0 Å². The molecular weight excluding hydrogens is 408 g/mol. The van der Waals surface area contributed by atoms with E-state index in [0.29, 0.717) is 24.4 Å². The zero-order valence-corrected chi connectivity index (χ0v) is 17.6. The first kappa shape index (κ1) is 22.4. The molecule has 156 valence electrons. The predicted octanol–water partition coefficient (Wildman–Crippen LogP) is 0.402. The number of ether oxygens (including phenoxy) is 1. The van der Waals surface area contributed by atoms with Crippen molar-refractivity contribution in [1.29, 1.82) is 0 Å². The number of rotatable bonds is 6. The van der Waals surface area contributed by atoms with Crippen molar-refractivity contribution in [3.63, 3.8) is 0 Å². The van der Waals surface area contributed by atoms with E-state index in [9.17, 15) is 18.0 Å². The molecule has 1 aromatic carbocycles. The quantitative estimate of drug-likeness (QED) is 0.560. The van der Waals surface area contributed by atoms with Crippen LogP contribution in [-0.2, 0) is 20.4 Å². The molecule has 28 heavy (non-hydrogen) atoms. The molecule has 0 spiro atoms. The largest absolute Gasteiger partial charge is 0.496 e. The van der Waals surface area contributed by atoms with E-state index < -0.39 is 27.5 Å². The summed E-state index contributed by atoms with van der Waals surface area (Å²) in [4.78, 5) is 24.0. The van der Waals surface area contributed by atoms with Crippen molar-refractivity contribution in [1.82, 2.24) is 20.3 Å². The fourth-order valence-corrected chi connectivity index (χ4v) is 5.15. The number of sulfonamides is 1. The number of halogens is 1. The number of nitrogens with zero attached hydrogens (tertiary/aromatic N) is 1. The van der Waals surface area contributed by atoms with E-state index in [2.05, 4.69) is 16.0 Å². The monoisotopic (exact) mass is 432 g/mol. The maximum absolute atomic E-state index is 13.1. The molecule has 2 unspecified atom stereocenters. The van der Waals surface area contributed by atoms with Crippen molar-refractivity contribution in [3.05, 3.63) is 23.8 Å². The van der Waals surface area contributed by atoms with Crippen LogP contribution in [0.4, 0.5) is 4.79 Å². The molecule has 2 saturated heterocycles. The Morgan fingerprint density at radius 2 is 2.07 bits per heavy atom. The highest BCUT2D eigenvalue weighted by Gasteiger charge is 2.46. The number of carbonyl (C=O) groups excluding carboxylic acids is 2. The van der Waals surface area contributed by atoms with Crippen molar-refractivity contribution < 1.29 is 22.7 Å². The fourth-order valence-electron chi connectivity index (χ4n) is 3.59. The van der Waals surface area contributed by atoms with Gasteiger partial charge in [0.1, 0.15) is 11.3 Å². The second-order valence-electron chi connectivity index (χ2n) is 6.97. The molecule has 3 amide bonds. The number of carbonyl (C=O) groups is 2. The molecule has 0 bridgehead atoms. The molecule has 9 nitrogen and oxygen atoms in total. The van der Waals surface area contributed by atoms with Gasteiger partial charge in [-0.25, -0.2) is 13.2 Å². The summed E-state index contributed by atoms with van der Waals surface area (Å²) in [5.41, 5.74) is -1.12. The summed E-state index contributed by atoms with van der Waals surface area (Å²) in [6.07, 6.45) is 0.791. The average Bonchev–Trinajstić information content (AvgIpc) is 3.20. The zero-order valence-electron chi connectivity index (χ0n) is 15.9. The van der Waals surface area contributed by atoms with E-state index in [1.54, 1.807) is 0 Å². The molecule has 2 fully saturated rings. The van der Waals surface area contributed by atoms with Gasteiger partial charge in [-0.05, 0) is 51.1 Å². The minimum Gasteiger partial charge on any atom is -0.496 e. The van der Waals surface area contributed by atoms with E-state index in [-0.39, 0.29) is 23.2 Å². The molecule has 0 aliphatic carbocycles. The number of hydrogen-bond acceptors (Lipinski definition) is 6. The number of hydrogen-bond donors (Lipinski definition) is 3. The molecule has 0 saturated carbocycles. The van der Waals surface area contributed by atoms with E-state index >= 15 is 0 Å². The first-order valence-corrected chi connectivity index (χ1v) is 10.1. The van der Waals surface area contributed by atoms with Gasteiger partial charge in [0.2, 0.25) is 10.0 Å². The summed E-state index contributed by atoms with van der Waals surface area (Å²) < 4.78 is 32.9. The second-order valence-corrected chi connectivity index (χ2v) is 8.91. The minimum atomic E-state index is -3.72. The standard InChI is InChI=1S/C17H24N4O5S.ClH/c1-17(15(22)19-16(23)20-17)13-8-12(4-5-14(13)26-3)27(24,25)21-7-6-11(10-21)9-18-2;/h4-5,8,11,18H,6-7,9-10H2,1-3H3,(H2,19,20,22,23);1H. The molecule has 11 heteroatoms. The Morgan fingerprint density at radius 1 is 1.36 bits per heavy atom. The van der Waals surface area contributed by atoms with E-state index in [4.69, 9.17) is 4.74 Å². The Labute approximate surface area is 170 Å². The van der Waals surface area contributed by atoms with Crippen LogP contribution in [-0.4, -0.2) is 58.5 Å². The molecule has 2 aliphatic rings. The number of methoxy groups -OCH3 is 1. The average molecular weight is 433 g/mol. The van der Waals surface area contributed by atoms with Gasteiger partial charge < -0.3 is 15.4 Å². The molecule has 2 atom stereocenters. The lowest BCUT2D eigenvalue weighted by Gasteiger charge is -2.25. The van der Waals surface area contributed by atoms with Crippen molar-refractivity contribution in [2.75, 3.05) is 33.8 Å². The van der Waals surface area contributed by atoms with E-state index in [1.165, 1.54) is 36.5 Å². The topological polar surface area (TPSA) is 117 Å². The summed E-state index contributed by atoms with van der Waals surface area (Å²) >= 11 is 0. The van der Waals surface area contributed by atoms with Gasteiger partial charge in [-0.3, -0.25) is 10.1 Å². The highest BCUT2D eigenvalue weighted by Crippen LogP contribution is 2.35. The predicted molar refractivity (Wildman–Crippen MR) is 105 cm³/mol. The van der Waals surface area contributed by atoms with Crippen LogP contribution in [0.5, 0.6) is 5.75 Å². The fraction of sp³-hybridized carbons (Fsp3) is 0.529. The molecular formula is C17H25ClN4O5S. The van der Waals surface area contributed by atoms with Gasteiger partial charge in [0.15, 0.2) is 0 Å². The van der Waals surface area contributed by atoms with Gasteiger partial charge in [-0.2, -0.15) is 4.31 Å². The summed E-state index contributed by atoms with van der Waals surface area (Å²) in [7, 11) is -0.453. The van der Waals surface area contributed by atoms with Gasteiger partial charge in [0.05, 0.1) is 12.0 Å². The van der Waals surface area contributed by atoms with Crippen LogP contribution < -0.4 is 20.7 Å². The second kappa shape index (κ2) is 8.24. The van der Waals surface area contributed by atoms with Gasteiger partial charge in [-0.15, -0.1) is 12.4 Å². The van der Waals surface area contributed by atoms with Crippen LogP contribution >= 0.6 is 12.4 Å². The zero-order chi connectivity index (χ0) is 19.8. The van der Waals surface area contributed by atoms with Crippen molar-refractivity contribution in [2.45, 2.75) is 23.8 Å². The molecule has 0 aromatic heterocycles. The van der Waals surface area contributed by atoms with Crippen LogP contribution in [0.1, 0.15) is 18.9 Å². The lowest BCUT2D eigenvalue weighted by molar-refractivity contribution is -0.123. The van der Waals surface area contributed by atoms with Crippen LogP contribution in [0.3, 0.4) is 0 Å². The Morgan fingerprint density at radius 3 is 2.64 bits per heavy atom. The molecule has 2 aliphatic heterocycles. The Bertz CT molecular complexity index is 878. The summed E-state index contributed by atoms with van der Waals surface area (Å²) in [6, 6.07) is 3.74. The molecule has 3 N–H and O–H groups in total. The maximum Gasteiger partial charge on any atom is 0.322 e. The summed E-state index contributed by atoms with van der Waals surface area (Å²) in [5.74, 6) is 0.0267. The molecule has 0 radical (unpaired) electrons. The number of urea groups is 1. The Balaban J connectivity index is 0.00000280. The third-order valence-corrected chi connectivity index (χ3v) is 6.99. The number of imide groups is 1. The SMILES string of the molecule is CNCC1CCN(S(=O)(=O)c2ccc(OC)c(C3(C)NC(=O)NC3=O)c2)C1.Cl. The first-order valence-electron chi connectivity index (χ1n) is 8.69. The van der Waals surface area contributed by atoms with Crippen molar-refractivity contribution >= 4 is 34.4 Å². The number of amides is 3. The van der Waals surface area contributed by atoms with Crippen molar-refractivity contribution in [3.8, 4) is 5.75 Å². The smallest absolute Gasteiger partial charge is 0.322 e. The summed E-state index contributed by atoms with van der Waals surface area (Å²) in [6.45, 7) is 3.16. The lowest BCUT2D eigenvalue weighted by atomic mass is 9.91. The highest BCUT2D eigenvalue weighted by molar-refractivity contribution is 7.89. The number of benzene rings is 1. The van der Waals surface area contributed by atoms with Gasteiger partial charge in [-0.1, -0.05) is 0 Å². The lowest BCUT2D eigenvalue weighted by Crippen LogP contribution is -2.41. The molecule has 2 heterocycles. The number of nitrogens with one attached hydrogen (secondary N) is 3. The van der Waals surface area contributed by atoms with Gasteiger partial charge in [0.25, 0.3) is 5.91 Å².